The summed E-state index contributed by atoms with van der Waals surface area (Å²) in [6.45, 7) is 4.86. The van der Waals surface area contributed by atoms with E-state index in [1.807, 2.05) is 6.92 Å². The number of unbranched alkanes of at least 4 members (excludes halogenated alkanes) is 5. The Balaban J connectivity index is 1.82. The van der Waals surface area contributed by atoms with Crippen LogP contribution in [0.25, 0.3) is 10.9 Å². The van der Waals surface area contributed by atoms with Gasteiger partial charge in [-0.1, -0.05) is 51.2 Å². The Morgan fingerprint density at radius 3 is 2.50 bits per heavy atom. The monoisotopic (exact) mass is 513 g/mol. The predicted octanol–water partition coefficient (Wildman–Crippen LogP) is 4.84. The summed E-state index contributed by atoms with van der Waals surface area (Å²) in [4.78, 5) is 28.7. The van der Waals surface area contributed by atoms with Crippen molar-refractivity contribution in [2.24, 2.45) is 0 Å². The molecule has 8 nitrogen and oxygen atoms in total. The number of anilines is 1. The molecule has 1 aromatic heterocycles. The molecule has 1 heterocycles. The molecule has 2 aromatic carbocycles. The molecule has 0 radical (unpaired) electrons. The van der Waals surface area contributed by atoms with Gasteiger partial charge in [-0.15, -0.1) is 0 Å². The first kappa shape index (κ1) is 27.3. The molecule has 3 rings (SSSR count). The number of nitrogens with one attached hydrogen (secondary N) is 2. The van der Waals surface area contributed by atoms with Gasteiger partial charge in [-0.25, -0.2) is 8.42 Å². The zero-order chi connectivity index (χ0) is 26.1. The number of hydrogen-bond donors (Lipinski definition) is 2. The largest absolute Gasteiger partial charge is 0.492 e. The third-order valence-electron chi connectivity index (χ3n) is 6.08. The number of pyridine rings is 1. The summed E-state index contributed by atoms with van der Waals surface area (Å²) >= 11 is 0. The van der Waals surface area contributed by atoms with E-state index < -0.39 is 21.4 Å². The van der Waals surface area contributed by atoms with Crippen LogP contribution in [0.2, 0.25) is 0 Å². The van der Waals surface area contributed by atoms with Crippen molar-refractivity contribution < 1.29 is 17.9 Å². The van der Waals surface area contributed by atoms with Crippen LogP contribution in [0.15, 0.2) is 58.4 Å². The maximum absolute atomic E-state index is 13.4. The highest BCUT2D eigenvalue weighted by Gasteiger charge is 2.25. The van der Waals surface area contributed by atoms with Crippen molar-refractivity contribution in [2.45, 2.75) is 57.3 Å². The number of para-hydroxylation sites is 2. The molecule has 0 bridgehead atoms. The highest BCUT2D eigenvalue weighted by atomic mass is 32.2. The number of amides is 1. The van der Waals surface area contributed by atoms with Crippen molar-refractivity contribution in [1.82, 2.24) is 10.3 Å². The topological polar surface area (TPSA) is 109 Å². The molecule has 3 aromatic rings. The molecule has 0 aliphatic carbocycles. The average Bonchev–Trinajstić information content (AvgIpc) is 2.88. The zero-order valence-corrected chi connectivity index (χ0v) is 22.0. The Bertz CT molecular complexity index is 1350. The van der Waals surface area contributed by atoms with Crippen molar-refractivity contribution in [1.29, 1.82) is 0 Å². The Kier molecular flexibility index (Phi) is 9.52. The summed E-state index contributed by atoms with van der Waals surface area (Å²) in [5, 5.41) is 2.93. The van der Waals surface area contributed by atoms with E-state index in [2.05, 4.69) is 17.2 Å². The van der Waals surface area contributed by atoms with Crippen LogP contribution in [0, 0.1) is 0 Å². The molecule has 0 atom stereocenters. The minimum absolute atomic E-state index is 0.0434. The third kappa shape index (κ3) is 6.26. The number of carbonyl (C=O) groups is 1. The number of sulfonamides is 1. The van der Waals surface area contributed by atoms with E-state index in [0.29, 0.717) is 30.1 Å². The fourth-order valence-electron chi connectivity index (χ4n) is 4.01. The molecule has 0 spiro atoms. The highest BCUT2D eigenvalue weighted by Crippen LogP contribution is 2.31. The minimum atomic E-state index is -4.00. The van der Waals surface area contributed by atoms with E-state index in [9.17, 15) is 18.0 Å². The molecule has 9 heteroatoms. The molecule has 0 saturated heterocycles. The first-order valence-corrected chi connectivity index (χ1v) is 13.9. The van der Waals surface area contributed by atoms with Crippen molar-refractivity contribution in [3.63, 3.8) is 0 Å². The molecule has 0 unspecified atom stereocenters. The van der Waals surface area contributed by atoms with Crippen LogP contribution in [-0.2, 0) is 10.0 Å². The van der Waals surface area contributed by atoms with Crippen LogP contribution >= 0.6 is 0 Å². The van der Waals surface area contributed by atoms with Gasteiger partial charge in [0.05, 0.1) is 17.2 Å². The van der Waals surface area contributed by atoms with E-state index in [4.69, 9.17) is 4.74 Å². The number of nitrogens with zero attached hydrogens (tertiary/aromatic N) is 1. The number of carbonyl (C=O) groups excluding carboxylic acids is 1. The summed E-state index contributed by atoms with van der Waals surface area (Å²) in [6.07, 6.45) is 7.95. The maximum atomic E-state index is 13.4. The highest BCUT2D eigenvalue weighted by molar-refractivity contribution is 7.92. The van der Waals surface area contributed by atoms with Crippen LogP contribution in [0.5, 0.6) is 5.75 Å². The number of rotatable bonds is 13. The number of aromatic nitrogens is 1. The van der Waals surface area contributed by atoms with Crippen LogP contribution < -0.4 is 19.8 Å². The molecule has 0 saturated carbocycles. The fraction of sp³-hybridized carbons (Fsp3) is 0.407. The van der Waals surface area contributed by atoms with Crippen molar-refractivity contribution >= 4 is 32.5 Å². The van der Waals surface area contributed by atoms with E-state index in [0.717, 1.165) is 23.6 Å². The van der Waals surface area contributed by atoms with Gasteiger partial charge in [0, 0.05) is 30.7 Å². The lowest BCUT2D eigenvalue weighted by atomic mass is 10.1. The van der Waals surface area contributed by atoms with Crippen LogP contribution in [-0.4, -0.2) is 39.5 Å². The van der Waals surface area contributed by atoms with Crippen LogP contribution in [0.1, 0.15) is 62.7 Å². The number of hydrogen-bond acceptors (Lipinski definition) is 5. The molecule has 36 heavy (non-hydrogen) atoms. The van der Waals surface area contributed by atoms with Gasteiger partial charge in [0.2, 0.25) is 5.43 Å². The number of H-pyrrole nitrogens is 1. The SMILES string of the molecule is CCCCCCCCNC(=O)c1c[nH]c2ccc(S(=O)(=O)N(C)c3ccccc3OCC)cc2c1=O. The first-order chi connectivity index (χ1) is 17.3. The summed E-state index contributed by atoms with van der Waals surface area (Å²) < 4.78 is 33.5. The second kappa shape index (κ2) is 12.6. The average molecular weight is 514 g/mol. The van der Waals surface area contributed by atoms with E-state index in [-0.39, 0.29) is 15.8 Å². The van der Waals surface area contributed by atoms with Gasteiger partial charge < -0.3 is 15.0 Å². The maximum Gasteiger partial charge on any atom is 0.264 e. The van der Waals surface area contributed by atoms with E-state index >= 15 is 0 Å². The van der Waals surface area contributed by atoms with Gasteiger partial charge in [0.1, 0.15) is 11.3 Å². The lowest BCUT2D eigenvalue weighted by molar-refractivity contribution is 0.0951. The summed E-state index contributed by atoms with van der Waals surface area (Å²) in [6, 6.07) is 11.1. The number of fused-ring (bicyclic) bond motifs is 1. The third-order valence-corrected chi connectivity index (χ3v) is 7.84. The smallest absolute Gasteiger partial charge is 0.264 e. The summed E-state index contributed by atoms with van der Waals surface area (Å²) in [7, 11) is -2.56. The quantitative estimate of drug-likeness (QED) is 0.318. The van der Waals surface area contributed by atoms with Gasteiger partial charge in [-0.3, -0.25) is 13.9 Å². The lowest BCUT2D eigenvalue weighted by Crippen LogP contribution is -2.30. The molecule has 1 amide bonds. The number of aromatic amines is 1. The van der Waals surface area contributed by atoms with Gasteiger partial charge in [-0.05, 0) is 43.7 Å². The Morgan fingerprint density at radius 1 is 1.03 bits per heavy atom. The molecule has 0 aliphatic heterocycles. The molecule has 0 aliphatic rings. The summed E-state index contributed by atoms with van der Waals surface area (Å²) in [5.41, 5.74) is 0.275. The van der Waals surface area contributed by atoms with E-state index in [1.165, 1.54) is 50.7 Å². The molecule has 0 fully saturated rings. The molecular formula is C27H35N3O5S. The molecule has 2 N–H and O–H groups in total. The second-order valence-electron chi connectivity index (χ2n) is 8.64. The fourth-order valence-corrected chi connectivity index (χ4v) is 5.24. The zero-order valence-electron chi connectivity index (χ0n) is 21.2. The predicted molar refractivity (Wildman–Crippen MR) is 143 cm³/mol. The summed E-state index contributed by atoms with van der Waals surface area (Å²) in [5.74, 6) is -0.0308. The Hall–Kier alpha value is -3.33. The number of benzene rings is 2. The van der Waals surface area contributed by atoms with Crippen molar-refractivity contribution in [3.05, 3.63) is 64.4 Å². The van der Waals surface area contributed by atoms with Gasteiger partial charge in [-0.2, -0.15) is 0 Å². The molecule has 194 valence electrons. The number of ether oxygens (including phenoxy) is 1. The van der Waals surface area contributed by atoms with E-state index in [1.54, 1.807) is 24.3 Å². The Labute approximate surface area is 212 Å². The standard InChI is InChI=1S/C27H35N3O5S/c1-4-6-7-8-9-12-17-28-27(32)22-19-29-23-16-15-20(18-21(23)26(22)31)36(33,34)30(3)24-13-10-11-14-25(24)35-5-2/h10-11,13-16,18-19H,4-9,12,17H2,1-3H3,(H,28,32)(H,29,31). The van der Waals surface area contributed by atoms with Crippen molar-refractivity contribution in [3.8, 4) is 5.75 Å². The minimum Gasteiger partial charge on any atom is -0.492 e. The van der Waals surface area contributed by atoms with Gasteiger partial charge >= 0.3 is 0 Å². The van der Waals surface area contributed by atoms with Gasteiger partial charge in [0.15, 0.2) is 0 Å². The van der Waals surface area contributed by atoms with Crippen molar-refractivity contribution in [2.75, 3.05) is 24.5 Å². The van der Waals surface area contributed by atoms with Crippen LogP contribution in [0.3, 0.4) is 0 Å². The first-order valence-electron chi connectivity index (χ1n) is 12.5. The Morgan fingerprint density at radius 2 is 1.75 bits per heavy atom. The van der Waals surface area contributed by atoms with Crippen LogP contribution in [0.4, 0.5) is 5.69 Å². The second-order valence-corrected chi connectivity index (χ2v) is 10.6. The normalized spacial score (nSPS) is 11.4. The molecular weight excluding hydrogens is 478 g/mol. The lowest BCUT2D eigenvalue weighted by Gasteiger charge is -2.22. The van der Waals surface area contributed by atoms with Gasteiger partial charge in [0.25, 0.3) is 15.9 Å².